The van der Waals surface area contributed by atoms with Crippen molar-refractivity contribution in [2.75, 3.05) is 6.54 Å². The van der Waals surface area contributed by atoms with Gasteiger partial charge in [0.25, 0.3) is 0 Å². The minimum absolute atomic E-state index is 0.0972. The predicted octanol–water partition coefficient (Wildman–Crippen LogP) is 1.45. The third-order valence-corrected chi connectivity index (χ3v) is 3.15. The fourth-order valence-corrected chi connectivity index (χ4v) is 2.25. The van der Waals surface area contributed by atoms with Gasteiger partial charge in [0, 0.05) is 18.9 Å². The lowest BCUT2D eigenvalue weighted by Gasteiger charge is -2.16. The van der Waals surface area contributed by atoms with Gasteiger partial charge in [-0.05, 0) is 25.0 Å². The zero-order valence-corrected chi connectivity index (χ0v) is 10.2. The summed E-state index contributed by atoms with van der Waals surface area (Å²) < 4.78 is 6.04. The van der Waals surface area contributed by atoms with Crippen LogP contribution in [0.3, 0.4) is 0 Å². The number of nitrogens with one attached hydrogen (secondary N) is 1. The summed E-state index contributed by atoms with van der Waals surface area (Å²) in [5.74, 6) is 1.02. The molecule has 2 rings (SSSR count). The Kier molecular flexibility index (Phi) is 3.63. The van der Waals surface area contributed by atoms with Crippen molar-refractivity contribution in [1.29, 1.82) is 0 Å². The van der Waals surface area contributed by atoms with Gasteiger partial charge in [-0.1, -0.05) is 11.4 Å². The second-order valence-corrected chi connectivity index (χ2v) is 4.20. The van der Waals surface area contributed by atoms with E-state index in [4.69, 9.17) is 0 Å². The van der Waals surface area contributed by atoms with Gasteiger partial charge in [0.15, 0.2) is 0 Å². The van der Waals surface area contributed by atoms with Crippen molar-refractivity contribution in [2.45, 2.75) is 26.4 Å². The van der Waals surface area contributed by atoms with Crippen LogP contribution in [0.2, 0.25) is 0 Å². The fourth-order valence-electron chi connectivity index (χ4n) is 1.67. The molecule has 86 valence electrons. The third kappa shape index (κ3) is 2.12. The monoisotopic (exact) mass is 237 g/mol. The molecule has 0 aliphatic carbocycles. The number of hydrogen-bond acceptors (Lipinski definition) is 5. The Morgan fingerprint density at radius 1 is 1.50 bits per heavy atom. The summed E-state index contributed by atoms with van der Waals surface area (Å²) in [7, 11) is 0. The lowest BCUT2D eigenvalue weighted by molar-refractivity contribution is 0.565. The van der Waals surface area contributed by atoms with E-state index in [1.807, 2.05) is 12.4 Å². The molecular formula is C10H15N5S. The van der Waals surface area contributed by atoms with Crippen molar-refractivity contribution in [2.24, 2.45) is 0 Å². The van der Waals surface area contributed by atoms with Gasteiger partial charge < -0.3 is 9.88 Å². The highest BCUT2D eigenvalue weighted by molar-refractivity contribution is 7.05. The smallest absolute Gasteiger partial charge is 0.131 e. The lowest BCUT2D eigenvalue weighted by atomic mass is 10.2. The molecule has 0 saturated heterocycles. The molecule has 0 fully saturated rings. The van der Waals surface area contributed by atoms with Crippen LogP contribution in [-0.4, -0.2) is 25.7 Å². The average molecular weight is 237 g/mol. The molecule has 5 nitrogen and oxygen atoms in total. The zero-order chi connectivity index (χ0) is 11.4. The topological polar surface area (TPSA) is 55.6 Å². The molecule has 0 bridgehead atoms. The van der Waals surface area contributed by atoms with Crippen LogP contribution in [0.1, 0.15) is 30.6 Å². The van der Waals surface area contributed by atoms with Crippen LogP contribution in [0.15, 0.2) is 18.6 Å². The van der Waals surface area contributed by atoms with Crippen molar-refractivity contribution in [3.05, 3.63) is 29.3 Å². The van der Waals surface area contributed by atoms with E-state index in [0.29, 0.717) is 0 Å². The first-order valence-electron chi connectivity index (χ1n) is 5.38. The molecule has 0 aliphatic rings. The third-order valence-electron chi connectivity index (χ3n) is 2.42. The second kappa shape index (κ2) is 5.18. The molecule has 2 heterocycles. The molecule has 2 aromatic heterocycles. The summed E-state index contributed by atoms with van der Waals surface area (Å²) in [6.07, 6.45) is 5.62. The Hall–Kier alpha value is -1.27. The van der Waals surface area contributed by atoms with Crippen LogP contribution >= 0.6 is 11.5 Å². The molecule has 1 atom stereocenters. The number of hydrogen-bond donors (Lipinski definition) is 1. The van der Waals surface area contributed by atoms with Crippen LogP contribution in [0.5, 0.6) is 0 Å². The Bertz CT molecular complexity index is 422. The van der Waals surface area contributed by atoms with E-state index >= 15 is 0 Å². The molecule has 0 aliphatic heterocycles. The summed E-state index contributed by atoms with van der Waals surface area (Å²) in [5, 5.41) is 7.29. The van der Waals surface area contributed by atoms with E-state index in [0.717, 1.165) is 23.8 Å². The van der Waals surface area contributed by atoms with Gasteiger partial charge in [0.05, 0.1) is 11.1 Å². The number of rotatable bonds is 5. The maximum atomic E-state index is 4.41. The highest BCUT2D eigenvalue weighted by Gasteiger charge is 2.19. The zero-order valence-electron chi connectivity index (χ0n) is 9.42. The van der Waals surface area contributed by atoms with E-state index in [1.54, 1.807) is 6.20 Å². The minimum atomic E-state index is 0.0972. The molecule has 1 unspecified atom stereocenters. The van der Waals surface area contributed by atoms with Crippen LogP contribution < -0.4 is 5.32 Å². The molecule has 0 radical (unpaired) electrons. The molecule has 1 N–H and O–H groups in total. The number of nitrogens with zero attached hydrogens (tertiary/aromatic N) is 4. The Balaban J connectivity index is 2.33. The largest absolute Gasteiger partial charge is 0.334 e. The van der Waals surface area contributed by atoms with E-state index in [2.05, 4.69) is 38.3 Å². The summed E-state index contributed by atoms with van der Waals surface area (Å²) in [5.41, 5.74) is 0. The van der Waals surface area contributed by atoms with Crippen LogP contribution in [0.4, 0.5) is 0 Å². The molecule has 0 saturated carbocycles. The maximum absolute atomic E-state index is 4.41. The molecule has 2 aromatic rings. The van der Waals surface area contributed by atoms with E-state index in [9.17, 15) is 0 Å². The van der Waals surface area contributed by atoms with Crippen molar-refractivity contribution in [1.82, 2.24) is 24.5 Å². The quantitative estimate of drug-likeness (QED) is 0.855. The fraction of sp³-hybridized carbons (Fsp3) is 0.500. The molecule has 16 heavy (non-hydrogen) atoms. The number of aryl methyl sites for hydroxylation is 1. The molecule has 0 spiro atoms. The number of imidazole rings is 1. The Morgan fingerprint density at radius 2 is 2.38 bits per heavy atom. The van der Waals surface area contributed by atoms with E-state index < -0.39 is 0 Å². The highest BCUT2D eigenvalue weighted by atomic mass is 32.1. The first-order chi connectivity index (χ1) is 7.86. The van der Waals surface area contributed by atoms with Gasteiger partial charge in [-0.2, -0.15) is 0 Å². The van der Waals surface area contributed by atoms with Gasteiger partial charge in [0.1, 0.15) is 11.9 Å². The minimum Gasteiger partial charge on any atom is -0.334 e. The summed E-state index contributed by atoms with van der Waals surface area (Å²) in [6, 6.07) is 0.0972. The van der Waals surface area contributed by atoms with E-state index in [1.165, 1.54) is 11.5 Å². The normalized spacial score (nSPS) is 12.9. The van der Waals surface area contributed by atoms with Crippen molar-refractivity contribution >= 4 is 11.5 Å². The summed E-state index contributed by atoms with van der Waals surface area (Å²) in [6.45, 7) is 6.00. The van der Waals surface area contributed by atoms with E-state index in [-0.39, 0.29) is 6.04 Å². The second-order valence-electron chi connectivity index (χ2n) is 3.38. The molecule has 0 amide bonds. The number of aromatic nitrogens is 4. The Labute approximate surface area is 98.7 Å². The molecular weight excluding hydrogens is 222 g/mol. The van der Waals surface area contributed by atoms with Gasteiger partial charge in [-0.3, -0.25) is 0 Å². The standard InChI is InChI=1S/C10H15N5S/c1-3-11-9(8-7-13-14-16-8)10-12-5-6-15(10)4-2/h5-7,9,11H,3-4H2,1-2H3. The summed E-state index contributed by atoms with van der Waals surface area (Å²) >= 11 is 1.41. The van der Waals surface area contributed by atoms with Crippen LogP contribution in [0, 0.1) is 0 Å². The van der Waals surface area contributed by atoms with Gasteiger partial charge >= 0.3 is 0 Å². The predicted molar refractivity (Wildman–Crippen MR) is 63.3 cm³/mol. The first-order valence-corrected chi connectivity index (χ1v) is 6.15. The van der Waals surface area contributed by atoms with Crippen molar-refractivity contribution < 1.29 is 0 Å². The van der Waals surface area contributed by atoms with Crippen LogP contribution in [-0.2, 0) is 6.54 Å². The van der Waals surface area contributed by atoms with Crippen molar-refractivity contribution in [3.63, 3.8) is 0 Å². The highest BCUT2D eigenvalue weighted by Crippen LogP contribution is 2.22. The van der Waals surface area contributed by atoms with Gasteiger partial charge in [-0.25, -0.2) is 4.98 Å². The first kappa shape index (κ1) is 11.2. The average Bonchev–Trinajstić information content (AvgIpc) is 2.96. The maximum Gasteiger partial charge on any atom is 0.131 e. The Morgan fingerprint density at radius 3 is 3.00 bits per heavy atom. The SMILES string of the molecule is CCNC(c1cnns1)c1nccn1CC. The summed E-state index contributed by atoms with van der Waals surface area (Å²) in [4.78, 5) is 5.51. The molecule has 6 heteroatoms. The van der Waals surface area contributed by atoms with Crippen molar-refractivity contribution in [3.8, 4) is 0 Å². The van der Waals surface area contributed by atoms with Gasteiger partial charge in [-0.15, -0.1) is 5.10 Å². The molecule has 0 aromatic carbocycles. The van der Waals surface area contributed by atoms with Crippen LogP contribution in [0.25, 0.3) is 0 Å². The lowest BCUT2D eigenvalue weighted by Crippen LogP contribution is -2.24. The van der Waals surface area contributed by atoms with Gasteiger partial charge in [0.2, 0.25) is 0 Å².